The van der Waals surface area contributed by atoms with E-state index in [1.54, 1.807) is 0 Å². The normalized spacial score (nSPS) is 24.2. The fourth-order valence-electron chi connectivity index (χ4n) is 4.70. The summed E-state index contributed by atoms with van der Waals surface area (Å²) in [6, 6.07) is 7.74. The number of hydrogen-bond acceptors (Lipinski definition) is 4. The average Bonchev–Trinajstić information content (AvgIpc) is 3.30. The Labute approximate surface area is 166 Å². The van der Waals surface area contributed by atoms with Crippen LogP contribution >= 0.6 is 0 Å². The van der Waals surface area contributed by atoms with Crippen LogP contribution in [-0.4, -0.2) is 67.1 Å². The fraction of sp³-hybridized carbons (Fsp3) is 0.636. The van der Waals surface area contributed by atoms with Gasteiger partial charge in [0.25, 0.3) is 5.91 Å². The highest BCUT2D eigenvalue weighted by Gasteiger charge is 2.45. The minimum Gasteiger partial charge on any atom is -0.484 e. The maximum absolute atomic E-state index is 12.6. The topological polar surface area (TPSA) is 59.1 Å². The summed E-state index contributed by atoms with van der Waals surface area (Å²) in [5, 5.41) is 0. The number of rotatable bonds is 5. The molecule has 6 nitrogen and oxygen atoms in total. The molecule has 28 heavy (non-hydrogen) atoms. The first-order chi connectivity index (χ1) is 13.5. The summed E-state index contributed by atoms with van der Waals surface area (Å²) in [6.45, 7) is 5.82. The Morgan fingerprint density at radius 2 is 2.07 bits per heavy atom. The van der Waals surface area contributed by atoms with Crippen molar-refractivity contribution in [2.24, 2.45) is 5.41 Å². The first kappa shape index (κ1) is 19.2. The van der Waals surface area contributed by atoms with Gasteiger partial charge >= 0.3 is 0 Å². The van der Waals surface area contributed by atoms with Gasteiger partial charge in [-0.3, -0.25) is 9.59 Å². The second kappa shape index (κ2) is 8.11. The smallest absolute Gasteiger partial charge is 0.260 e. The molecule has 1 aromatic rings. The van der Waals surface area contributed by atoms with Crippen LogP contribution in [0, 0.1) is 12.3 Å². The van der Waals surface area contributed by atoms with Crippen molar-refractivity contribution < 1.29 is 19.1 Å². The number of amides is 2. The first-order valence-corrected chi connectivity index (χ1v) is 10.4. The van der Waals surface area contributed by atoms with Crippen LogP contribution in [0.5, 0.6) is 5.75 Å². The van der Waals surface area contributed by atoms with Gasteiger partial charge in [0.05, 0.1) is 6.10 Å². The molecule has 3 saturated heterocycles. The Morgan fingerprint density at radius 3 is 2.79 bits per heavy atom. The van der Waals surface area contributed by atoms with Crippen LogP contribution in [0.4, 0.5) is 0 Å². The third kappa shape index (κ3) is 4.17. The summed E-state index contributed by atoms with van der Waals surface area (Å²) < 4.78 is 11.4. The molecule has 0 N–H and O–H groups in total. The van der Waals surface area contributed by atoms with E-state index in [-0.39, 0.29) is 29.9 Å². The number of likely N-dealkylation sites (tertiary alicyclic amines) is 2. The number of para-hydroxylation sites is 1. The van der Waals surface area contributed by atoms with Crippen LogP contribution in [-0.2, 0) is 14.3 Å². The highest BCUT2D eigenvalue weighted by atomic mass is 16.5. The van der Waals surface area contributed by atoms with Crippen LogP contribution in [0.1, 0.15) is 37.7 Å². The maximum Gasteiger partial charge on any atom is 0.260 e. The van der Waals surface area contributed by atoms with Gasteiger partial charge in [0.2, 0.25) is 5.91 Å². The zero-order valence-corrected chi connectivity index (χ0v) is 16.7. The first-order valence-electron chi connectivity index (χ1n) is 10.4. The monoisotopic (exact) mass is 386 g/mol. The molecule has 1 atom stereocenters. The van der Waals surface area contributed by atoms with Crippen LogP contribution in [0.25, 0.3) is 0 Å². The number of hydrogen-bond donors (Lipinski definition) is 0. The van der Waals surface area contributed by atoms with E-state index >= 15 is 0 Å². The molecule has 4 rings (SSSR count). The van der Waals surface area contributed by atoms with Gasteiger partial charge in [0.1, 0.15) is 5.75 Å². The predicted molar refractivity (Wildman–Crippen MR) is 105 cm³/mol. The lowest BCUT2D eigenvalue weighted by Gasteiger charge is -2.38. The average molecular weight is 386 g/mol. The van der Waals surface area contributed by atoms with Gasteiger partial charge in [-0.25, -0.2) is 0 Å². The third-order valence-electron chi connectivity index (χ3n) is 6.47. The van der Waals surface area contributed by atoms with Gasteiger partial charge < -0.3 is 19.3 Å². The summed E-state index contributed by atoms with van der Waals surface area (Å²) >= 11 is 0. The van der Waals surface area contributed by atoms with E-state index < -0.39 is 0 Å². The lowest BCUT2D eigenvalue weighted by molar-refractivity contribution is -0.135. The highest BCUT2D eigenvalue weighted by molar-refractivity contribution is 5.80. The molecule has 0 unspecified atom stereocenters. The molecular formula is C22H30N2O4. The van der Waals surface area contributed by atoms with E-state index in [9.17, 15) is 9.59 Å². The molecule has 0 aliphatic carbocycles. The lowest BCUT2D eigenvalue weighted by Crippen LogP contribution is -2.46. The summed E-state index contributed by atoms with van der Waals surface area (Å²) in [4.78, 5) is 28.9. The number of benzene rings is 1. The second-order valence-electron chi connectivity index (χ2n) is 8.52. The molecule has 1 spiro atoms. The maximum atomic E-state index is 12.6. The minimum absolute atomic E-state index is 0.0265. The number of piperidine rings is 1. The Kier molecular flexibility index (Phi) is 5.58. The SMILES string of the molecule is Cc1ccccc1OCC(=O)N1CCC2(CC1)CC(=O)N(C[C@H]1CCCO1)C2. The van der Waals surface area contributed by atoms with Crippen molar-refractivity contribution in [3.63, 3.8) is 0 Å². The number of carbonyl (C=O) groups is 2. The minimum atomic E-state index is 0.0265. The predicted octanol–water partition coefficient (Wildman–Crippen LogP) is 2.39. The molecule has 0 radical (unpaired) electrons. The Hall–Kier alpha value is -2.08. The Balaban J connectivity index is 1.26. The summed E-state index contributed by atoms with van der Waals surface area (Å²) in [6.07, 6.45) is 4.74. The molecule has 1 aromatic carbocycles. The quantitative estimate of drug-likeness (QED) is 0.780. The third-order valence-corrected chi connectivity index (χ3v) is 6.47. The van der Waals surface area contributed by atoms with Gasteiger partial charge in [0.15, 0.2) is 6.61 Å². The van der Waals surface area contributed by atoms with E-state index in [2.05, 4.69) is 0 Å². The van der Waals surface area contributed by atoms with E-state index in [1.165, 1.54) is 0 Å². The summed E-state index contributed by atoms with van der Waals surface area (Å²) in [5.74, 6) is 1.03. The zero-order valence-electron chi connectivity index (χ0n) is 16.7. The fourth-order valence-corrected chi connectivity index (χ4v) is 4.70. The molecule has 0 aromatic heterocycles. The van der Waals surface area contributed by atoms with Crippen molar-refractivity contribution in [3.8, 4) is 5.75 Å². The lowest BCUT2D eigenvalue weighted by atomic mass is 9.77. The highest BCUT2D eigenvalue weighted by Crippen LogP contribution is 2.41. The van der Waals surface area contributed by atoms with Crippen LogP contribution in [0.2, 0.25) is 0 Å². The number of nitrogens with zero attached hydrogens (tertiary/aromatic N) is 2. The molecule has 2 amide bonds. The number of aryl methyl sites for hydroxylation is 1. The number of carbonyl (C=O) groups excluding carboxylic acids is 2. The van der Waals surface area contributed by atoms with Crippen LogP contribution in [0.15, 0.2) is 24.3 Å². The van der Waals surface area contributed by atoms with Gasteiger partial charge in [-0.15, -0.1) is 0 Å². The second-order valence-corrected chi connectivity index (χ2v) is 8.52. The standard InChI is InChI=1S/C22H30N2O4/c1-17-5-2-3-7-19(17)28-15-21(26)23-10-8-22(9-11-23)13-20(25)24(16-22)14-18-6-4-12-27-18/h2-3,5,7,18H,4,6,8-16H2,1H3/t18-/m1/s1. The van der Waals surface area contributed by atoms with E-state index in [0.29, 0.717) is 19.5 Å². The van der Waals surface area contributed by atoms with Crippen LogP contribution < -0.4 is 4.74 Å². The molecule has 0 bridgehead atoms. The van der Waals surface area contributed by atoms with Crippen molar-refractivity contribution in [2.75, 3.05) is 39.4 Å². The zero-order chi connectivity index (χ0) is 19.6. The van der Waals surface area contributed by atoms with Crippen molar-refractivity contribution in [2.45, 2.75) is 45.1 Å². The van der Waals surface area contributed by atoms with E-state index in [4.69, 9.17) is 9.47 Å². The molecular weight excluding hydrogens is 356 g/mol. The van der Waals surface area contributed by atoms with E-state index in [1.807, 2.05) is 41.0 Å². The van der Waals surface area contributed by atoms with Gasteiger partial charge in [0, 0.05) is 44.6 Å². The molecule has 3 fully saturated rings. The summed E-state index contributed by atoms with van der Waals surface area (Å²) in [7, 11) is 0. The summed E-state index contributed by atoms with van der Waals surface area (Å²) in [5.41, 5.74) is 1.06. The van der Waals surface area contributed by atoms with Crippen molar-refractivity contribution in [3.05, 3.63) is 29.8 Å². The molecule has 152 valence electrons. The van der Waals surface area contributed by atoms with Crippen molar-refractivity contribution in [1.29, 1.82) is 0 Å². The molecule has 3 heterocycles. The molecule has 3 aliphatic rings. The largest absolute Gasteiger partial charge is 0.484 e. The van der Waals surface area contributed by atoms with Gasteiger partial charge in [-0.1, -0.05) is 18.2 Å². The molecule has 6 heteroatoms. The molecule has 0 saturated carbocycles. The molecule has 3 aliphatic heterocycles. The van der Waals surface area contributed by atoms with Gasteiger partial charge in [-0.05, 0) is 44.2 Å². The van der Waals surface area contributed by atoms with E-state index in [0.717, 1.165) is 56.7 Å². The van der Waals surface area contributed by atoms with Gasteiger partial charge in [-0.2, -0.15) is 0 Å². The Bertz CT molecular complexity index is 721. The Morgan fingerprint density at radius 1 is 1.29 bits per heavy atom. The van der Waals surface area contributed by atoms with Crippen LogP contribution in [0.3, 0.4) is 0 Å². The number of ether oxygens (including phenoxy) is 2. The van der Waals surface area contributed by atoms with Crippen molar-refractivity contribution >= 4 is 11.8 Å². The van der Waals surface area contributed by atoms with Crippen molar-refractivity contribution in [1.82, 2.24) is 9.80 Å².